The molecule has 1 aromatic heterocycles. The van der Waals surface area contributed by atoms with E-state index in [1.54, 1.807) is 0 Å². The normalized spacial score (nSPS) is 20.0. The Morgan fingerprint density at radius 2 is 2.44 bits per heavy atom. The molecule has 0 aromatic carbocycles. The molecule has 1 aliphatic heterocycles. The average molecular weight is 269 g/mol. The number of rotatable bonds is 4. The Morgan fingerprint density at radius 3 is 3.11 bits per heavy atom. The van der Waals surface area contributed by atoms with Crippen molar-refractivity contribution in [1.29, 1.82) is 0 Å². The first-order valence-corrected chi connectivity index (χ1v) is 6.55. The molecule has 1 aromatic rings. The predicted octanol–water partition coefficient (Wildman–Crippen LogP) is 1.20. The van der Waals surface area contributed by atoms with E-state index in [0.717, 1.165) is 26.1 Å². The number of hydrogen-bond acceptors (Lipinski definition) is 4. The van der Waals surface area contributed by atoms with E-state index in [1.165, 1.54) is 12.4 Å². The Labute approximate surface area is 112 Å². The number of likely N-dealkylation sites (tertiary alicyclic amines) is 1. The molecule has 0 radical (unpaired) electrons. The van der Waals surface area contributed by atoms with E-state index in [2.05, 4.69) is 27.1 Å². The van der Waals surface area contributed by atoms with Crippen molar-refractivity contribution in [2.24, 2.45) is 5.92 Å². The monoisotopic (exact) mass is 268 g/mol. The Kier molecular flexibility index (Phi) is 4.49. The second-order valence-electron chi connectivity index (χ2n) is 4.48. The molecule has 1 fully saturated rings. The van der Waals surface area contributed by atoms with Gasteiger partial charge in [0, 0.05) is 13.1 Å². The average Bonchev–Trinajstić information content (AvgIpc) is 2.84. The Bertz CT molecular complexity index is 426. The molecule has 0 saturated carbocycles. The van der Waals surface area contributed by atoms with Crippen molar-refractivity contribution in [2.45, 2.75) is 13.3 Å². The summed E-state index contributed by atoms with van der Waals surface area (Å²) >= 11 is 5.69. The minimum atomic E-state index is -0.208. The van der Waals surface area contributed by atoms with E-state index in [0.29, 0.717) is 12.5 Å². The van der Waals surface area contributed by atoms with Crippen LogP contribution in [0.2, 0.25) is 5.15 Å². The van der Waals surface area contributed by atoms with Crippen LogP contribution in [0.5, 0.6) is 0 Å². The van der Waals surface area contributed by atoms with Crippen molar-refractivity contribution >= 4 is 17.5 Å². The fourth-order valence-corrected chi connectivity index (χ4v) is 2.29. The third kappa shape index (κ3) is 3.40. The lowest BCUT2D eigenvalue weighted by Crippen LogP contribution is -2.31. The molecule has 0 aliphatic carbocycles. The van der Waals surface area contributed by atoms with Crippen molar-refractivity contribution in [2.75, 3.05) is 26.2 Å². The first-order valence-electron chi connectivity index (χ1n) is 6.17. The van der Waals surface area contributed by atoms with E-state index in [1.807, 2.05) is 0 Å². The lowest BCUT2D eigenvalue weighted by atomic mass is 10.1. The second-order valence-corrected chi connectivity index (χ2v) is 4.87. The second kappa shape index (κ2) is 6.11. The van der Waals surface area contributed by atoms with Gasteiger partial charge in [-0.2, -0.15) is 0 Å². The molecule has 1 aliphatic rings. The van der Waals surface area contributed by atoms with Gasteiger partial charge >= 0.3 is 0 Å². The van der Waals surface area contributed by atoms with Gasteiger partial charge in [-0.1, -0.05) is 18.5 Å². The molecule has 18 heavy (non-hydrogen) atoms. The van der Waals surface area contributed by atoms with Gasteiger partial charge in [0.05, 0.1) is 12.4 Å². The Balaban J connectivity index is 1.82. The lowest BCUT2D eigenvalue weighted by Gasteiger charge is -2.13. The Morgan fingerprint density at radius 1 is 1.61 bits per heavy atom. The van der Waals surface area contributed by atoms with Gasteiger partial charge in [-0.25, -0.2) is 4.98 Å². The van der Waals surface area contributed by atoms with Crippen molar-refractivity contribution in [3.63, 3.8) is 0 Å². The number of halogens is 1. The first kappa shape index (κ1) is 13.2. The van der Waals surface area contributed by atoms with Gasteiger partial charge in [-0.3, -0.25) is 9.78 Å². The molecule has 5 nitrogen and oxygen atoms in total. The minimum absolute atomic E-state index is 0.208. The molecule has 1 unspecified atom stereocenters. The molecule has 1 saturated heterocycles. The first-order chi connectivity index (χ1) is 8.69. The molecular formula is C12H17ClN4O. The lowest BCUT2D eigenvalue weighted by molar-refractivity contribution is 0.0942. The number of nitrogens with zero attached hydrogens (tertiary/aromatic N) is 3. The zero-order valence-electron chi connectivity index (χ0n) is 10.4. The summed E-state index contributed by atoms with van der Waals surface area (Å²) in [6, 6.07) is 0. The third-order valence-corrected chi connectivity index (χ3v) is 3.39. The summed E-state index contributed by atoms with van der Waals surface area (Å²) in [6.07, 6.45) is 3.97. The van der Waals surface area contributed by atoms with Gasteiger partial charge in [0.2, 0.25) is 0 Å². The van der Waals surface area contributed by atoms with E-state index < -0.39 is 0 Å². The summed E-state index contributed by atoms with van der Waals surface area (Å²) in [6.45, 7) is 6.09. The SMILES string of the molecule is CCN1CCC(CNC(=O)c2cncc(Cl)n2)C1. The van der Waals surface area contributed by atoms with Crippen LogP contribution < -0.4 is 5.32 Å². The summed E-state index contributed by atoms with van der Waals surface area (Å²) < 4.78 is 0. The highest BCUT2D eigenvalue weighted by molar-refractivity contribution is 6.29. The van der Waals surface area contributed by atoms with Gasteiger partial charge in [0.1, 0.15) is 10.8 Å². The highest BCUT2D eigenvalue weighted by atomic mass is 35.5. The number of carbonyl (C=O) groups excluding carboxylic acids is 1. The summed E-state index contributed by atoms with van der Waals surface area (Å²) in [5.74, 6) is 0.320. The number of amides is 1. The van der Waals surface area contributed by atoms with Gasteiger partial charge < -0.3 is 10.2 Å². The number of carbonyl (C=O) groups is 1. The van der Waals surface area contributed by atoms with E-state index in [9.17, 15) is 4.79 Å². The molecular weight excluding hydrogens is 252 g/mol. The number of hydrogen-bond donors (Lipinski definition) is 1. The minimum Gasteiger partial charge on any atom is -0.350 e. The topological polar surface area (TPSA) is 58.1 Å². The van der Waals surface area contributed by atoms with Crippen LogP contribution in [0.1, 0.15) is 23.8 Å². The van der Waals surface area contributed by atoms with Gasteiger partial charge in [0.15, 0.2) is 0 Å². The molecule has 0 bridgehead atoms. The molecule has 6 heteroatoms. The van der Waals surface area contributed by atoms with Gasteiger partial charge in [-0.05, 0) is 25.4 Å². The molecule has 1 atom stereocenters. The van der Waals surface area contributed by atoms with Crippen molar-refractivity contribution in [3.8, 4) is 0 Å². The predicted molar refractivity (Wildman–Crippen MR) is 69.6 cm³/mol. The zero-order valence-corrected chi connectivity index (χ0v) is 11.2. The summed E-state index contributed by atoms with van der Waals surface area (Å²) in [4.78, 5) is 22.0. The fourth-order valence-electron chi connectivity index (χ4n) is 2.15. The van der Waals surface area contributed by atoms with Crippen LogP contribution in [0.15, 0.2) is 12.4 Å². The molecule has 0 spiro atoms. The quantitative estimate of drug-likeness (QED) is 0.892. The largest absolute Gasteiger partial charge is 0.350 e. The van der Waals surface area contributed by atoms with Crippen LogP contribution >= 0.6 is 11.6 Å². The molecule has 2 heterocycles. The van der Waals surface area contributed by atoms with E-state index in [-0.39, 0.29) is 16.8 Å². The van der Waals surface area contributed by atoms with Crippen LogP contribution in [0.4, 0.5) is 0 Å². The van der Waals surface area contributed by atoms with Crippen LogP contribution in [-0.2, 0) is 0 Å². The zero-order chi connectivity index (χ0) is 13.0. The van der Waals surface area contributed by atoms with Crippen LogP contribution in [-0.4, -0.2) is 47.0 Å². The van der Waals surface area contributed by atoms with Crippen LogP contribution in [0.3, 0.4) is 0 Å². The summed E-state index contributed by atoms with van der Waals surface area (Å²) in [5.41, 5.74) is 0.271. The molecule has 98 valence electrons. The van der Waals surface area contributed by atoms with E-state index >= 15 is 0 Å². The maximum atomic E-state index is 11.8. The Hall–Kier alpha value is -1.20. The van der Waals surface area contributed by atoms with E-state index in [4.69, 9.17) is 11.6 Å². The number of nitrogens with one attached hydrogen (secondary N) is 1. The standard InChI is InChI=1S/C12H17ClN4O/c1-2-17-4-3-9(8-17)5-15-12(18)10-6-14-7-11(13)16-10/h6-7,9H,2-5,8H2,1H3,(H,15,18). The van der Waals surface area contributed by atoms with Crippen molar-refractivity contribution in [1.82, 2.24) is 20.2 Å². The maximum Gasteiger partial charge on any atom is 0.271 e. The van der Waals surface area contributed by atoms with Gasteiger partial charge in [-0.15, -0.1) is 0 Å². The van der Waals surface area contributed by atoms with Crippen LogP contribution in [0.25, 0.3) is 0 Å². The molecule has 1 N–H and O–H groups in total. The molecule has 2 rings (SSSR count). The third-order valence-electron chi connectivity index (χ3n) is 3.21. The highest BCUT2D eigenvalue weighted by Crippen LogP contribution is 2.14. The smallest absolute Gasteiger partial charge is 0.271 e. The number of aromatic nitrogens is 2. The fraction of sp³-hybridized carbons (Fsp3) is 0.583. The summed E-state index contributed by atoms with van der Waals surface area (Å²) in [5, 5.41) is 3.12. The van der Waals surface area contributed by atoms with Crippen LogP contribution in [0, 0.1) is 5.92 Å². The maximum absolute atomic E-state index is 11.8. The van der Waals surface area contributed by atoms with Crippen molar-refractivity contribution in [3.05, 3.63) is 23.2 Å². The molecule has 1 amide bonds. The summed E-state index contributed by atoms with van der Waals surface area (Å²) in [7, 11) is 0. The van der Waals surface area contributed by atoms with Gasteiger partial charge in [0.25, 0.3) is 5.91 Å². The van der Waals surface area contributed by atoms with Crippen molar-refractivity contribution < 1.29 is 4.79 Å². The highest BCUT2D eigenvalue weighted by Gasteiger charge is 2.21.